The quantitative estimate of drug-likeness (QED) is 0.0484. The fraction of sp³-hybridized carbons (Fsp3) is 0.0448. The largest absolute Gasteiger partial charge is 0.457 e. The number of benzene rings is 12. The fourth-order valence-electron chi connectivity index (χ4n) is 8.56. The third-order valence-corrected chi connectivity index (χ3v) is 15.8. The molecule has 3 N–H and O–H groups in total. The van der Waals surface area contributed by atoms with Crippen LogP contribution in [0.2, 0.25) is 0 Å². The zero-order valence-electron chi connectivity index (χ0n) is 47.2. The summed E-state index contributed by atoms with van der Waals surface area (Å²) in [6.45, 7) is 0. The van der Waals surface area contributed by atoms with E-state index in [1.807, 2.05) is 170 Å². The highest BCUT2D eigenvalue weighted by Gasteiger charge is 2.10. The Kier molecular flexibility index (Phi) is 23.5. The molecule has 448 valence electrons. The highest BCUT2D eigenvalue weighted by molar-refractivity contribution is 7.82. The van der Waals surface area contributed by atoms with Crippen LogP contribution < -0.4 is 33.1 Å². The van der Waals surface area contributed by atoms with Crippen LogP contribution in [-0.2, 0) is 66.2 Å². The van der Waals surface area contributed by atoms with Gasteiger partial charge in [-0.3, -0.25) is 22.5 Å². The lowest BCUT2D eigenvalue weighted by atomic mass is 10.1. The van der Waals surface area contributed by atoms with Crippen LogP contribution in [0, 0.1) is 0 Å². The molecular weight excluding hydrogens is 1220 g/mol. The average Bonchev–Trinajstić information content (AvgIpc) is 3.73. The molecule has 12 aromatic carbocycles. The molecule has 0 aliphatic carbocycles. The second-order valence-corrected chi connectivity index (χ2v) is 22.5. The SMILES string of the molecule is COOS(=O)Nc1ccc(Oc2cccc3ccccc23)cc1.COS(=O)Nc1ccc(Oc2cccc3ccccc23)cc1.COS(=O)c1ccc(Oc2cccc3ccccc23)cc1.O=S(Nc1ccc(Oc2cccc3ccccc23)cc1)OCl. The van der Waals surface area contributed by atoms with E-state index < -0.39 is 44.9 Å². The van der Waals surface area contributed by atoms with Gasteiger partial charge in [-0.05, 0) is 143 Å². The first kappa shape index (κ1) is 63.5. The smallest absolute Gasteiger partial charge is 0.290 e. The van der Waals surface area contributed by atoms with Gasteiger partial charge in [-0.1, -0.05) is 146 Å². The van der Waals surface area contributed by atoms with Crippen molar-refractivity contribution in [1.82, 2.24) is 0 Å². The van der Waals surface area contributed by atoms with Crippen LogP contribution in [0.4, 0.5) is 17.1 Å². The molecule has 0 saturated heterocycles. The molecule has 0 bridgehead atoms. The predicted octanol–water partition coefficient (Wildman–Crippen LogP) is 17.6. The second-order valence-electron chi connectivity index (χ2n) is 18.2. The molecule has 0 saturated carbocycles. The van der Waals surface area contributed by atoms with Crippen molar-refractivity contribution in [2.24, 2.45) is 0 Å². The molecule has 0 fully saturated rings. The van der Waals surface area contributed by atoms with Crippen molar-refractivity contribution >= 4 is 117 Å². The van der Waals surface area contributed by atoms with Crippen LogP contribution >= 0.6 is 11.9 Å². The minimum Gasteiger partial charge on any atom is -0.457 e. The molecule has 4 atom stereocenters. The number of fused-ring (bicyclic) bond motifs is 4. The summed E-state index contributed by atoms with van der Waals surface area (Å²) in [5, 5.41) is 8.72. The number of hydrogen-bond acceptors (Lipinski definition) is 13. The summed E-state index contributed by atoms with van der Waals surface area (Å²) in [5.41, 5.74) is 1.94. The first-order valence-corrected chi connectivity index (χ1v) is 31.3. The minimum absolute atomic E-state index is 0.614. The van der Waals surface area contributed by atoms with Crippen molar-refractivity contribution in [2.75, 3.05) is 35.5 Å². The topological polar surface area (TPSA) is 187 Å². The van der Waals surface area contributed by atoms with Gasteiger partial charge in [0, 0.05) is 38.6 Å². The monoisotopic (exact) mass is 1270 g/mol. The molecule has 21 heteroatoms. The molecule has 0 radical (unpaired) electrons. The molecule has 88 heavy (non-hydrogen) atoms. The molecule has 12 rings (SSSR count). The first-order valence-electron chi connectivity index (χ1n) is 26.6. The molecule has 12 aromatic rings. The van der Waals surface area contributed by atoms with Crippen molar-refractivity contribution in [3.8, 4) is 46.0 Å². The molecule has 4 unspecified atom stereocenters. The average molecular weight is 1270 g/mol. The highest BCUT2D eigenvalue weighted by atomic mass is 35.5. The van der Waals surface area contributed by atoms with Crippen LogP contribution in [-0.4, -0.2) is 38.2 Å². The van der Waals surface area contributed by atoms with Gasteiger partial charge in [0.2, 0.25) is 0 Å². The van der Waals surface area contributed by atoms with Gasteiger partial charge in [-0.15, -0.1) is 4.33 Å². The normalized spacial score (nSPS) is 12.1. The second kappa shape index (κ2) is 32.6. The van der Waals surface area contributed by atoms with Gasteiger partial charge in [0.15, 0.2) is 11.1 Å². The summed E-state index contributed by atoms with van der Waals surface area (Å²) in [5.74, 6) is 5.95. The number of hydrogen-bond donors (Lipinski definition) is 3. The number of ether oxygens (including phenoxy) is 4. The van der Waals surface area contributed by atoms with E-state index in [2.05, 4.69) is 43.4 Å². The van der Waals surface area contributed by atoms with Gasteiger partial charge in [-0.2, -0.15) is 3.74 Å². The number of nitrogens with one attached hydrogen (secondary N) is 3. The van der Waals surface area contributed by atoms with E-state index in [1.54, 1.807) is 84.9 Å². The molecule has 0 aliphatic heterocycles. The van der Waals surface area contributed by atoms with Crippen molar-refractivity contribution in [3.05, 3.63) is 267 Å². The Bertz CT molecular complexity index is 4170. The molecule has 0 aromatic heterocycles. The van der Waals surface area contributed by atoms with Gasteiger partial charge in [0.25, 0.3) is 33.8 Å². The maximum absolute atomic E-state index is 11.5. The van der Waals surface area contributed by atoms with Gasteiger partial charge < -0.3 is 18.9 Å². The lowest BCUT2D eigenvalue weighted by molar-refractivity contribution is -0.166. The van der Waals surface area contributed by atoms with Gasteiger partial charge >= 0.3 is 0 Å². The molecule has 0 spiro atoms. The third-order valence-electron chi connectivity index (χ3n) is 12.6. The van der Waals surface area contributed by atoms with Crippen LogP contribution in [0.3, 0.4) is 0 Å². The molecule has 0 heterocycles. The Morgan fingerprint density at radius 1 is 0.307 bits per heavy atom. The molecular formula is C67H56ClN3O13S4. The van der Waals surface area contributed by atoms with Gasteiger partial charge in [0.05, 0.1) is 38.1 Å². The van der Waals surface area contributed by atoms with E-state index in [-0.39, 0.29) is 0 Å². The summed E-state index contributed by atoms with van der Waals surface area (Å²) in [6, 6.07) is 84.3. The zero-order valence-corrected chi connectivity index (χ0v) is 51.2. The van der Waals surface area contributed by atoms with E-state index in [1.165, 1.54) is 21.3 Å². The Labute approximate surface area is 523 Å². The highest BCUT2D eigenvalue weighted by Crippen LogP contribution is 2.35. The van der Waals surface area contributed by atoms with E-state index in [9.17, 15) is 16.8 Å². The molecule has 16 nitrogen and oxygen atoms in total. The van der Waals surface area contributed by atoms with Crippen LogP contribution in [0.15, 0.2) is 272 Å². The van der Waals surface area contributed by atoms with Gasteiger partial charge in [-0.25, -0.2) is 21.7 Å². The van der Waals surface area contributed by atoms with Crippen molar-refractivity contribution in [3.63, 3.8) is 0 Å². The van der Waals surface area contributed by atoms with E-state index in [4.69, 9.17) is 35.0 Å². The lowest BCUT2D eigenvalue weighted by Crippen LogP contribution is -2.07. The molecule has 0 aliphatic rings. The fourth-order valence-corrected chi connectivity index (χ4v) is 10.5. The zero-order chi connectivity index (χ0) is 61.5. The van der Waals surface area contributed by atoms with Crippen LogP contribution in [0.25, 0.3) is 43.1 Å². The summed E-state index contributed by atoms with van der Waals surface area (Å²) in [6.07, 6.45) is 0. The van der Waals surface area contributed by atoms with E-state index in [0.717, 1.165) is 66.1 Å². The first-order chi connectivity index (χ1) is 43.1. The summed E-state index contributed by atoms with van der Waals surface area (Å²) in [4.78, 5) is 4.95. The van der Waals surface area contributed by atoms with Crippen LogP contribution in [0.1, 0.15) is 0 Å². The van der Waals surface area contributed by atoms with Crippen molar-refractivity contribution in [2.45, 2.75) is 4.90 Å². The maximum atomic E-state index is 11.5. The van der Waals surface area contributed by atoms with Crippen molar-refractivity contribution in [1.29, 1.82) is 0 Å². The molecule has 0 amide bonds. The van der Waals surface area contributed by atoms with Gasteiger partial charge in [0.1, 0.15) is 46.0 Å². The van der Waals surface area contributed by atoms with Crippen LogP contribution in [0.5, 0.6) is 46.0 Å². The van der Waals surface area contributed by atoms with Crippen molar-refractivity contribution < 1.29 is 57.1 Å². The third kappa shape index (κ3) is 18.3. The standard InChI is InChI=1S/C17H15NO4S.C17H15NO3S.C17H14O3S.C16H12ClNO3S/c1-20-22-23(19)18-14-9-11-15(12-10-14)21-17-8-4-6-13-5-2-3-7-16(13)17;1-20-22(19)18-14-9-11-15(12-10-14)21-17-8-4-6-13-5-2-3-7-16(13)17;1-19-21(18)15-11-9-14(10-12-15)20-17-8-4-6-13-5-2-3-7-16(13)17;17-21-22(19)18-13-8-10-14(11-9-13)20-16-7-3-5-12-4-1-2-6-15(12)16/h2-12,18H,1H3;2-12,18H,1H3;2-12H,1H3;1-11,18H. The number of halogens is 1. The summed E-state index contributed by atoms with van der Waals surface area (Å²) in [7, 11) is 4.08. The predicted molar refractivity (Wildman–Crippen MR) is 353 cm³/mol. The summed E-state index contributed by atoms with van der Waals surface area (Å²) < 4.78 is 94.9. The Balaban J connectivity index is 0.000000140. The van der Waals surface area contributed by atoms with E-state index in [0.29, 0.717) is 45.0 Å². The lowest BCUT2D eigenvalue weighted by Gasteiger charge is -2.10. The maximum Gasteiger partial charge on any atom is 0.290 e. The number of rotatable bonds is 20. The Morgan fingerprint density at radius 3 is 0.886 bits per heavy atom. The Hall–Kier alpha value is -9.03. The minimum atomic E-state index is -1.77. The summed E-state index contributed by atoms with van der Waals surface area (Å²) >= 11 is -1.46. The Morgan fingerprint density at radius 2 is 0.591 bits per heavy atom. The van der Waals surface area contributed by atoms with E-state index >= 15 is 0 Å². The number of anilines is 3.